The second-order valence-electron chi connectivity index (χ2n) is 4.93. The van der Waals surface area contributed by atoms with Gasteiger partial charge in [0, 0.05) is 13.1 Å². The molecule has 0 amide bonds. The molecule has 0 bridgehead atoms. The van der Waals surface area contributed by atoms with Gasteiger partial charge in [-0.15, -0.1) is 0 Å². The highest BCUT2D eigenvalue weighted by Crippen LogP contribution is 2.21. The number of aromatic nitrogens is 2. The average molecular weight is 310 g/mol. The second kappa shape index (κ2) is 7.57. The summed E-state index contributed by atoms with van der Waals surface area (Å²) in [5, 5.41) is 8.61. The van der Waals surface area contributed by atoms with Crippen LogP contribution in [0.5, 0.6) is 0 Å². The molecule has 21 heavy (non-hydrogen) atoms. The summed E-state index contributed by atoms with van der Waals surface area (Å²) in [6.07, 6.45) is 1.62. The van der Waals surface area contributed by atoms with Crippen molar-refractivity contribution in [3.05, 3.63) is 52.1 Å². The van der Waals surface area contributed by atoms with Crippen molar-refractivity contribution in [3.63, 3.8) is 0 Å². The van der Waals surface area contributed by atoms with Crippen molar-refractivity contribution in [1.82, 2.24) is 15.1 Å². The molecular weight excluding hydrogens is 289 g/mol. The first-order valence-electron chi connectivity index (χ1n) is 7.34. The van der Waals surface area contributed by atoms with E-state index in [0.717, 1.165) is 47.9 Å². The lowest BCUT2D eigenvalue weighted by Crippen LogP contribution is -2.19. The van der Waals surface area contributed by atoms with Crippen molar-refractivity contribution in [2.24, 2.45) is 0 Å². The zero-order valence-corrected chi connectivity index (χ0v) is 13.3. The van der Waals surface area contributed by atoms with Crippen LogP contribution < -0.4 is 5.32 Å². The molecule has 0 aliphatic carbocycles. The van der Waals surface area contributed by atoms with Gasteiger partial charge in [-0.25, -0.2) is 4.39 Å². The zero-order valence-electron chi connectivity index (χ0n) is 12.5. The van der Waals surface area contributed by atoms with Crippen molar-refractivity contribution in [2.75, 3.05) is 6.54 Å². The molecule has 3 nitrogen and oxygen atoms in total. The Hall–Kier alpha value is -1.39. The minimum Gasteiger partial charge on any atom is -0.311 e. The SMILES string of the molecule is CCc1nn(CC)c(CNCCc2cccc(F)c2)c1Cl. The van der Waals surface area contributed by atoms with Crippen LogP contribution in [0.2, 0.25) is 5.02 Å². The van der Waals surface area contributed by atoms with Gasteiger partial charge in [-0.3, -0.25) is 4.68 Å². The summed E-state index contributed by atoms with van der Waals surface area (Å²) in [5.74, 6) is -0.188. The van der Waals surface area contributed by atoms with Crippen molar-refractivity contribution in [2.45, 2.75) is 39.8 Å². The average Bonchev–Trinajstić information content (AvgIpc) is 2.79. The maximum atomic E-state index is 13.1. The van der Waals surface area contributed by atoms with E-state index < -0.39 is 0 Å². The van der Waals surface area contributed by atoms with Gasteiger partial charge in [0.1, 0.15) is 5.82 Å². The van der Waals surface area contributed by atoms with Gasteiger partial charge in [0.15, 0.2) is 0 Å². The summed E-state index contributed by atoms with van der Waals surface area (Å²) in [6, 6.07) is 6.70. The summed E-state index contributed by atoms with van der Waals surface area (Å²) >= 11 is 6.35. The number of halogens is 2. The Labute approximate surface area is 130 Å². The van der Waals surface area contributed by atoms with E-state index in [1.54, 1.807) is 12.1 Å². The lowest BCUT2D eigenvalue weighted by molar-refractivity contribution is 0.577. The lowest BCUT2D eigenvalue weighted by Gasteiger charge is -2.07. The van der Waals surface area contributed by atoms with Crippen LogP contribution in [0.1, 0.15) is 30.8 Å². The van der Waals surface area contributed by atoms with E-state index in [4.69, 9.17) is 11.6 Å². The number of benzene rings is 1. The van der Waals surface area contributed by atoms with E-state index in [2.05, 4.69) is 24.3 Å². The Kier molecular flexibility index (Phi) is 5.76. The maximum Gasteiger partial charge on any atom is 0.123 e. The van der Waals surface area contributed by atoms with Crippen LogP contribution in [0.15, 0.2) is 24.3 Å². The van der Waals surface area contributed by atoms with Crippen molar-refractivity contribution < 1.29 is 4.39 Å². The molecule has 1 aromatic carbocycles. The Bertz CT molecular complexity index is 595. The van der Waals surface area contributed by atoms with Gasteiger partial charge >= 0.3 is 0 Å². The summed E-state index contributed by atoms with van der Waals surface area (Å²) in [4.78, 5) is 0. The van der Waals surface area contributed by atoms with Crippen LogP contribution in [0.4, 0.5) is 4.39 Å². The van der Waals surface area contributed by atoms with E-state index in [1.807, 2.05) is 10.7 Å². The quantitative estimate of drug-likeness (QED) is 0.792. The van der Waals surface area contributed by atoms with E-state index >= 15 is 0 Å². The molecule has 2 aromatic rings. The monoisotopic (exact) mass is 309 g/mol. The minimum absolute atomic E-state index is 0.188. The predicted molar refractivity (Wildman–Crippen MR) is 84.1 cm³/mol. The van der Waals surface area contributed by atoms with Gasteiger partial charge in [-0.2, -0.15) is 5.10 Å². The van der Waals surface area contributed by atoms with Crippen molar-refractivity contribution in [1.29, 1.82) is 0 Å². The van der Waals surface area contributed by atoms with Crippen molar-refractivity contribution in [3.8, 4) is 0 Å². The van der Waals surface area contributed by atoms with Gasteiger partial charge in [-0.05, 0) is 44.0 Å². The van der Waals surface area contributed by atoms with E-state index in [-0.39, 0.29) is 5.82 Å². The maximum absolute atomic E-state index is 13.1. The standard InChI is InChI=1S/C16H21ClFN3/c1-3-14-16(17)15(21(4-2)20-14)11-19-9-8-12-6-5-7-13(18)10-12/h5-7,10,19H,3-4,8-9,11H2,1-2H3. The molecule has 1 aromatic heterocycles. The number of aryl methyl sites for hydroxylation is 2. The molecule has 1 heterocycles. The molecule has 1 N–H and O–H groups in total. The smallest absolute Gasteiger partial charge is 0.123 e. The Morgan fingerprint density at radius 2 is 2.14 bits per heavy atom. The first kappa shape index (κ1) is 16.0. The molecule has 0 saturated heterocycles. The fourth-order valence-electron chi connectivity index (χ4n) is 2.32. The molecule has 0 aliphatic heterocycles. The highest BCUT2D eigenvalue weighted by Gasteiger charge is 2.13. The third-order valence-electron chi connectivity index (χ3n) is 3.47. The van der Waals surface area contributed by atoms with Crippen LogP contribution in [-0.2, 0) is 25.9 Å². The molecule has 0 unspecified atom stereocenters. The van der Waals surface area contributed by atoms with Crippen LogP contribution in [0, 0.1) is 5.82 Å². The summed E-state index contributed by atoms with van der Waals surface area (Å²) < 4.78 is 15.0. The first-order valence-corrected chi connectivity index (χ1v) is 7.72. The molecule has 0 radical (unpaired) electrons. The molecular formula is C16H21ClFN3. The van der Waals surface area contributed by atoms with Gasteiger partial charge in [0.2, 0.25) is 0 Å². The second-order valence-corrected chi connectivity index (χ2v) is 5.31. The normalized spacial score (nSPS) is 11.0. The third-order valence-corrected chi connectivity index (χ3v) is 3.90. The molecule has 0 spiro atoms. The fourth-order valence-corrected chi connectivity index (χ4v) is 2.65. The molecule has 0 atom stereocenters. The predicted octanol–water partition coefficient (Wildman–Crippen LogP) is 3.59. The Morgan fingerprint density at radius 3 is 2.81 bits per heavy atom. The number of nitrogens with zero attached hydrogens (tertiary/aromatic N) is 2. The largest absolute Gasteiger partial charge is 0.311 e. The highest BCUT2D eigenvalue weighted by molar-refractivity contribution is 6.31. The molecule has 2 rings (SSSR count). The Balaban J connectivity index is 1.90. The number of hydrogen-bond acceptors (Lipinski definition) is 2. The van der Waals surface area contributed by atoms with Crippen LogP contribution in [-0.4, -0.2) is 16.3 Å². The Morgan fingerprint density at radius 1 is 1.33 bits per heavy atom. The van der Waals surface area contributed by atoms with Gasteiger partial charge in [0.05, 0.1) is 16.4 Å². The lowest BCUT2D eigenvalue weighted by atomic mass is 10.1. The molecule has 0 fully saturated rings. The number of hydrogen-bond donors (Lipinski definition) is 1. The molecule has 5 heteroatoms. The van der Waals surface area contributed by atoms with Crippen LogP contribution in [0.3, 0.4) is 0 Å². The van der Waals surface area contributed by atoms with Gasteiger partial charge in [-0.1, -0.05) is 30.7 Å². The third kappa shape index (κ3) is 4.05. The molecule has 0 saturated carbocycles. The van der Waals surface area contributed by atoms with E-state index in [0.29, 0.717) is 6.54 Å². The molecule has 114 valence electrons. The zero-order chi connectivity index (χ0) is 15.2. The van der Waals surface area contributed by atoms with E-state index in [9.17, 15) is 4.39 Å². The first-order chi connectivity index (χ1) is 10.2. The van der Waals surface area contributed by atoms with Crippen LogP contribution >= 0.6 is 11.6 Å². The van der Waals surface area contributed by atoms with Gasteiger partial charge in [0.25, 0.3) is 0 Å². The van der Waals surface area contributed by atoms with Crippen molar-refractivity contribution >= 4 is 11.6 Å². The molecule has 0 aliphatic rings. The number of nitrogens with one attached hydrogen (secondary N) is 1. The van der Waals surface area contributed by atoms with Gasteiger partial charge < -0.3 is 5.32 Å². The highest BCUT2D eigenvalue weighted by atomic mass is 35.5. The van der Waals surface area contributed by atoms with Crippen LogP contribution in [0.25, 0.3) is 0 Å². The topological polar surface area (TPSA) is 29.9 Å². The summed E-state index contributed by atoms with van der Waals surface area (Å²) in [6.45, 7) is 6.36. The summed E-state index contributed by atoms with van der Waals surface area (Å²) in [7, 11) is 0. The minimum atomic E-state index is -0.188. The fraction of sp³-hybridized carbons (Fsp3) is 0.438. The van der Waals surface area contributed by atoms with E-state index in [1.165, 1.54) is 6.07 Å². The number of rotatable bonds is 7. The summed E-state index contributed by atoms with van der Waals surface area (Å²) in [5.41, 5.74) is 2.96.